The fourth-order valence-electron chi connectivity index (χ4n) is 0.440. The minimum absolute atomic E-state index is 0.188. The second kappa shape index (κ2) is 5.01. The molecule has 1 amide bonds. The zero-order chi connectivity index (χ0) is 7.98. The minimum Gasteiger partial charge on any atom is -0.453 e. The zero-order valence-corrected chi connectivity index (χ0v) is 5.96. The van der Waals surface area contributed by atoms with E-state index in [1.54, 1.807) is 0 Å². The highest BCUT2D eigenvalue weighted by atomic mass is 16.5. The van der Waals surface area contributed by atoms with Crippen LogP contribution in [0, 0.1) is 0 Å². The van der Waals surface area contributed by atoms with Gasteiger partial charge in [0.2, 0.25) is 0 Å². The number of amides is 1. The van der Waals surface area contributed by atoms with E-state index in [2.05, 4.69) is 10.1 Å². The Balaban J connectivity index is 3.52. The molecular weight excluding hydrogens is 134 g/mol. The van der Waals surface area contributed by atoms with Gasteiger partial charge in [-0.2, -0.15) is 0 Å². The Kier molecular flexibility index (Phi) is 4.61. The summed E-state index contributed by atoms with van der Waals surface area (Å²) in [5, 5.41) is 2.45. The molecule has 0 aliphatic carbocycles. The molecule has 5 heteroatoms. The van der Waals surface area contributed by atoms with Crippen LogP contribution in [0.1, 0.15) is 0 Å². The number of hydrogen-bond acceptors (Lipinski definition) is 4. The number of rotatable bonds is 3. The molecule has 0 aromatic rings. The monoisotopic (exact) mass is 147 g/mol. The molecule has 0 radical (unpaired) electrons. The van der Waals surface area contributed by atoms with E-state index in [9.17, 15) is 4.79 Å². The molecule has 5 nitrogen and oxygen atoms in total. The first-order valence-electron chi connectivity index (χ1n) is 2.99. The molecule has 0 bridgehead atoms. The molecule has 0 saturated carbocycles. The van der Waals surface area contributed by atoms with Crippen molar-refractivity contribution in [3.05, 3.63) is 0 Å². The number of nitrogens with two attached hydrogens (primary N) is 2. The normalized spacial score (nSPS) is 9.60. The maximum Gasteiger partial charge on any atom is 0.407 e. The Hall–Kier alpha value is -0.810. The first kappa shape index (κ1) is 9.19. The van der Waals surface area contributed by atoms with Crippen molar-refractivity contribution in [2.45, 2.75) is 6.04 Å². The molecule has 0 aliphatic rings. The van der Waals surface area contributed by atoms with Crippen molar-refractivity contribution in [1.29, 1.82) is 0 Å². The van der Waals surface area contributed by atoms with E-state index in [1.807, 2.05) is 0 Å². The summed E-state index contributed by atoms with van der Waals surface area (Å²) in [6.07, 6.45) is -0.499. The number of ether oxygens (including phenoxy) is 1. The van der Waals surface area contributed by atoms with E-state index in [1.165, 1.54) is 7.11 Å². The molecule has 0 spiro atoms. The lowest BCUT2D eigenvalue weighted by atomic mass is 10.3. The van der Waals surface area contributed by atoms with Gasteiger partial charge in [0.05, 0.1) is 13.2 Å². The Bertz CT molecular complexity index is 103. The van der Waals surface area contributed by atoms with Crippen molar-refractivity contribution in [1.82, 2.24) is 5.32 Å². The maximum absolute atomic E-state index is 10.5. The summed E-state index contributed by atoms with van der Waals surface area (Å²) in [6, 6.07) is -0.188. The number of nitrogens with one attached hydrogen (secondary N) is 1. The van der Waals surface area contributed by atoms with Crippen molar-refractivity contribution in [2.24, 2.45) is 11.5 Å². The summed E-state index contributed by atoms with van der Waals surface area (Å²) in [4.78, 5) is 10.5. The molecule has 5 N–H and O–H groups in total. The van der Waals surface area contributed by atoms with E-state index in [4.69, 9.17) is 11.5 Å². The van der Waals surface area contributed by atoms with Crippen LogP contribution in [-0.2, 0) is 4.74 Å². The summed E-state index contributed by atoms with van der Waals surface area (Å²) >= 11 is 0. The molecule has 60 valence electrons. The summed E-state index contributed by atoms with van der Waals surface area (Å²) in [6.45, 7) is 0.650. The molecule has 0 aromatic heterocycles. The van der Waals surface area contributed by atoms with Gasteiger partial charge in [-0.3, -0.25) is 0 Å². The van der Waals surface area contributed by atoms with E-state index >= 15 is 0 Å². The molecular formula is C5H13N3O2. The van der Waals surface area contributed by atoms with Crippen molar-refractivity contribution in [2.75, 3.05) is 20.2 Å². The largest absolute Gasteiger partial charge is 0.453 e. The van der Waals surface area contributed by atoms with Gasteiger partial charge in [0, 0.05) is 13.1 Å². The third-order valence-corrected chi connectivity index (χ3v) is 1.08. The van der Waals surface area contributed by atoms with Crippen LogP contribution in [0.4, 0.5) is 4.79 Å². The number of carbonyl (C=O) groups is 1. The lowest BCUT2D eigenvalue weighted by Crippen LogP contribution is -2.44. The smallest absolute Gasteiger partial charge is 0.407 e. The van der Waals surface area contributed by atoms with Gasteiger partial charge in [-0.25, -0.2) is 4.79 Å². The lowest BCUT2D eigenvalue weighted by Gasteiger charge is -2.12. The van der Waals surface area contributed by atoms with Gasteiger partial charge in [-0.05, 0) is 0 Å². The zero-order valence-electron chi connectivity index (χ0n) is 5.96. The van der Waals surface area contributed by atoms with Crippen LogP contribution in [0.25, 0.3) is 0 Å². The molecule has 10 heavy (non-hydrogen) atoms. The van der Waals surface area contributed by atoms with E-state index in [0.717, 1.165) is 0 Å². The van der Waals surface area contributed by atoms with Gasteiger partial charge < -0.3 is 21.5 Å². The van der Waals surface area contributed by atoms with Crippen LogP contribution >= 0.6 is 0 Å². The predicted molar refractivity (Wildman–Crippen MR) is 37.4 cm³/mol. The van der Waals surface area contributed by atoms with Gasteiger partial charge >= 0.3 is 6.09 Å². The molecule has 0 heterocycles. The van der Waals surface area contributed by atoms with Crippen molar-refractivity contribution in [3.63, 3.8) is 0 Å². The molecule has 0 atom stereocenters. The van der Waals surface area contributed by atoms with Gasteiger partial charge in [-0.1, -0.05) is 0 Å². The molecule has 0 rings (SSSR count). The number of carbonyl (C=O) groups excluding carboxylic acids is 1. The van der Waals surface area contributed by atoms with Crippen molar-refractivity contribution < 1.29 is 9.53 Å². The van der Waals surface area contributed by atoms with E-state index in [-0.39, 0.29) is 6.04 Å². The lowest BCUT2D eigenvalue weighted by molar-refractivity contribution is 0.167. The summed E-state index contributed by atoms with van der Waals surface area (Å²) in [7, 11) is 1.29. The van der Waals surface area contributed by atoms with Crippen LogP contribution in [-0.4, -0.2) is 32.3 Å². The SMILES string of the molecule is COC(=O)NC(CN)CN. The minimum atomic E-state index is -0.499. The van der Waals surface area contributed by atoms with Crippen LogP contribution in [0.3, 0.4) is 0 Å². The first-order valence-corrected chi connectivity index (χ1v) is 2.99. The Morgan fingerprint density at radius 3 is 2.40 bits per heavy atom. The summed E-state index contributed by atoms with van der Waals surface area (Å²) in [5.74, 6) is 0. The van der Waals surface area contributed by atoms with Crippen LogP contribution < -0.4 is 16.8 Å². The first-order chi connectivity index (χ1) is 4.74. The molecule has 0 aromatic carbocycles. The Morgan fingerprint density at radius 2 is 2.10 bits per heavy atom. The Labute approximate surface area is 59.7 Å². The van der Waals surface area contributed by atoms with Gasteiger partial charge in [0.25, 0.3) is 0 Å². The average molecular weight is 147 g/mol. The van der Waals surface area contributed by atoms with Gasteiger partial charge in [0.1, 0.15) is 0 Å². The summed E-state index contributed by atoms with van der Waals surface area (Å²) in [5.41, 5.74) is 10.5. The van der Waals surface area contributed by atoms with Crippen LogP contribution in [0.15, 0.2) is 0 Å². The van der Waals surface area contributed by atoms with E-state index < -0.39 is 6.09 Å². The standard InChI is InChI=1S/C5H13N3O2/c1-10-5(9)8-4(2-6)3-7/h4H,2-3,6-7H2,1H3,(H,8,9). The van der Waals surface area contributed by atoms with Crippen molar-refractivity contribution in [3.8, 4) is 0 Å². The van der Waals surface area contributed by atoms with Crippen molar-refractivity contribution >= 4 is 6.09 Å². The quantitative estimate of drug-likeness (QED) is 0.459. The van der Waals surface area contributed by atoms with Gasteiger partial charge in [0.15, 0.2) is 0 Å². The third-order valence-electron chi connectivity index (χ3n) is 1.08. The number of methoxy groups -OCH3 is 1. The second-order valence-electron chi connectivity index (χ2n) is 1.80. The molecule has 0 saturated heterocycles. The molecule has 0 aliphatic heterocycles. The fourth-order valence-corrected chi connectivity index (χ4v) is 0.440. The van der Waals surface area contributed by atoms with Crippen LogP contribution in [0.2, 0.25) is 0 Å². The average Bonchev–Trinajstić information content (AvgIpc) is 1.99. The summed E-state index contributed by atoms with van der Waals surface area (Å²) < 4.78 is 4.32. The Morgan fingerprint density at radius 1 is 1.60 bits per heavy atom. The maximum atomic E-state index is 10.5. The van der Waals surface area contributed by atoms with Crippen LogP contribution in [0.5, 0.6) is 0 Å². The third kappa shape index (κ3) is 3.26. The number of hydrogen-bond donors (Lipinski definition) is 3. The number of alkyl carbamates (subject to hydrolysis) is 1. The molecule has 0 unspecified atom stereocenters. The van der Waals surface area contributed by atoms with Gasteiger partial charge in [-0.15, -0.1) is 0 Å². The molecule has 0 fully saturated rings. The highest BCUT2D eigenvalue weighted by molar-refractivity contribution is 5.67. The predicted octanol–water partition coefficient (Wildman–Crippen LogP) is -1.37. The second-order valence-corrected chi connectivity index (χ2v) is 1.80. The highest BCUT2D eigenvalue weighted by Crippen LogP contribution is 1.77. The highest BCUT2D eigenvalue weighted by Gasteiger charge is 2.06. The fraction of sp³-hybridized carbons (Fsp3) is 0.800. The van der Waals surface area contributed by atoms with E-state index in [0.29, 0.717) is 13.1 Å². The topological polar surface area (TPSA) is 90.4 Å².